The van der Waals surface area contributed by atoms with E-state index in [1.54, 1.807) is 0 Å². The second-order valence-electron chi connectivity index (χ2n) is 5.02. The highest BCUT2D eigenvalue weighted by molar-refractivity contribution is 9.10. The molecule has 1 amide bonds. The predicted molar refractivity (Wildman–Crippen MR) is 85.1 cm³/mol. The Morgan fingerprint density at radius 3 is 2.85 bits per heavy atom. The molecule has 2 aromatic rings. The van der Waals surface area contributed by atoms with Crippen LogP contribution in [-0.2, 0) is 6.42 Å². The van der Waals surface area contributed by atoms with Crippen LogP contribution < -0.4 is 10.6 Å². The maximum atomic E-state index is 12.7. The summed E-state index contributed by atoms with van der Waals surface area (Å²) in [5.74, 6) is 0.0324. The molecule has 1 aliphatic rings. The van der Waals surface area contributed by atoms with Crippen LogP contribution in [0.25, 0.3) is 0 Å². The lowest BCUT2D eigenvalue weighted by Gasteiger charge is -2.18. The Kier molecular flexibility index (Phi) is 3.26. The minimum Gasteiger partial charge on any atom is -0.398 e. The maximum absolute atomic E-state index is 12.7. The summed E-state index contributed by atoms with van der Waals surface area (Å²) in [5, 5.41) is 0. The Hall–Kier alpha value is -1.81. The first-order valence-electron chi connectivity index (χ1n) is 6.53. The summed E-state index contributed by atoms with van der Waals surface area (Å²) in [7, 11) is 0. The van der Waals surface area contributed by atoms with Crippen LogP contribution in [0, 0.1) is 6.92 Å². The van der Waals surface area contributed by atoms with Gasteiger partial charge in [-0.3, -0.25) is 4.79 Å². The van der Waals surface area contributed by atoms with E-state index in [4.69, 9.17) is 5.73 Å². The maximum Gasteiger partial charge on any atom is 0.258 e. The number of benzene rings is 2. The molecule has 3 rings (SSSR count). The van der Waals surface area contributed by atoms with E-state index in [2.05, 4.69) is 15.9 Å². The van der Waals surface area contributed by atoms with Crippen LogP contribution in [-0.4, -0.2) is 12.5 Å². The van der Waals surface area contributed by atoms with E-state index >= 15 is 0 Å². The zero-order chi connectivity index (χ0) is 14.3. The van der Waals surface area contributed by atoms with Gasteiger partial charge in [-0.25, -0.2) is 0 Å². The first-order chi connectivity index (χ1) is 9.58. The van der Waals surface area contributed by atoms with Crippen LogP contribution in [0.2, 0.25) is 0 Å². The van der Waals surface area contributed by atoms with Crippen molar-refractivity contribution in [1.82, 2.24) is 0 Å². The molecular weight excluding hydrogens is 316 g/mol. The number of hydrogen-bond donors (Lipinski definition) is 1. The molecule has 3 nitrogen and oxygen atoms in total. The second-order valence-corrected chi connectivity index (χ2v) is 5.87. The number of rotatable bonds is 1. The van der Waals surface area contributed by atoms with Crippen LogP contribution in [0.3, 0.4) is 0 Å². The third-order valence-electron chi connectivity index (χ3n) is 3.71. The number of aryl methyl sites for hydroxylation is 1. The van der Waals surface area contributed by atoms with Crippen molar-refractivity contribution >= 4 is 33.2 Å². The average molecular weight is 331 g/mol. The summed E-state index contributed by atoms with van der Waals surface area (Å²) >= 11 is 3.46. The average Bonchev–Trinajstić information content (AvgIpc) is 2.86. The summed E-state index contributed by atoms with van der Waals surface area (Å²) in [6, 6.07) is 11.4. The number of nitrogens with zero attached hydrogens (tertiary/aromatic N) is 1. The van der Waals surface area contributed by atoms with Gasteiger partial charge in [0.05, 0.1) is 0 Å². The highest BCUT2D eigenvalue weighted by Crippen LogP contribution is 2.33. The van der Waals surface area contributed by atoms with Gasteiger partial charge in [0.15, 0.2) is 0 Å². The minimum atomic E-state index is 0.0324. The summed E-state index contributed by atoms with van der Waals surface area (Å²) in [6.07, 6.45) is 0.823. The van der Waals surface area contributed by atoms with Crippen molar-refractivity contribution < 1.29 is 4.79 Å². The van der Waals surface area contributed by atoms with E-state index in [0.29, 0.717) is 12.1 Å². The van der Waals surface area contributed by atoms with Gasteiger partial charge >= 0.3 is 0 Å². The Labute approximate surface area is 126 Å². The Balaban J connectivity index is 1.97. The highest BCUT2D eigenvalue weighted by Gasteiger charge is 2.26. The van der Waals surface area contributed by atoms with Gasteiger partial charge in [0.25, 0.3) is 5.91 Å². The number of hydrogen-bond acceptors (Lipinski definition) is 2. The van der Waals surface area contributed by atoms with Crippen LogP contribution in [0.4, 0.5) is 11.4 Å². The molecule has 1 heterocycles. The van der Waals surface area contributed by atoms with Crippen molar-refractivity contribution in [2.45, 2.75) is 13.3 Å². The van der Waals surface area contributed by atoms with Crippen molar-refractivity contribution in [1.29, 1.82) is 0 Å². The Morgan fingerprint density at radius 1 is 1.30 bits per heavy atom. The number of amides is 1. The van der Waals surface area contributed by atoms with Crippen molar-refractivity contribution in [2.24, 2.45) is 0 Å². The van der Waals surface area contributed by atoms with Gasteiger partial charge in [-0.05, 0) is 49.2 Å². The van der Waals surface area contributed by atoms with Gasteiger partial charge in [-0.15, -0.1) is 0 Å². The van der Waals surface area contributed by atoms with E-state index in [-0.39, 0.29) is 5.91 Å². The largest absolute Gasteiger partial charge is 0.398 e. The number of fused-ring (bicyclic) bond motifs is 1. The molecule has 0 aromatic heterocycles. The number of carbonyl (C=O) groups excluding carboxylic acids is 1. The van der Waals surface area contributed by atoms with Crippen LogP contribution >= 0.6 is 15.9 Å². The molecule has 0 fully saturated rings. The Morgan fingerprint density at radius 2 is 2.10 bits per heavy atom. The molecule has 2 aromatic carbocycles. The van der Waals surface area contributed by atoms with E-state index in [0.717, 1.165) is 33.4 Å². The van der Waals surface area contributed by atoms with Gasteiger partial charge in [-0.2, -0.15) is 0 Å². The van der Waals surface area contributed by atoms with E-state index in [1.807, 2.05) is 48.2 Å². The van der Waals surface area contributed by atoms with Crippen LogP contribution in [0.15, 0.2) is 40.9 Å². The molecule has 102 valence electrons. The standard InChI is InChI=1S/C16H15BrN2O/c1-10-9-11(5-6-13(10)17)16(20)19-8-7-12-14(18)3-2-4-15(12)19/h2-6,9H,7-8,18H2,1H3. The molecule has 0 spiro atoms. The number of carbonyl (C=O) groups is 1. The quantitative estimate of drug-likeness (QED) is 0.813. The fourth-order valence-corrected chi connectivity index (χ4v) is 2.85. The normalized spacial score (nSPS) is 13.4. The van der Waals surface area contributed by atoms with E-state index < -0.39 is 0 Å². The number of nitrogens with two attached hydrogens (primary N) is 1. The molecule has 0 atom stereocenters. The molecule has 4 heteroatoms. The molecule has 0 unspecified atom stereocenters. The van der Waals surface area contributed by atoms with Gasteiger partial charge in [0.2, 0.25) is 0 Å². The van der Waals surface area contributed by atoms with Gasteiger partial charge in [-0.1, -0.05) is 22.0 Å². The van der Waals surface area contributed by atoms with Crippen LogP contribution in [0.5, 0.6) is 0 Å². The number of anilines is 2. The third kappa shape index (κ3) is 2.10. The molecule has 1 aliphatic heterocycles. The third-order valence-corrected chi connectivity index (χ3v) is 4.60. The lowest BCUT2D eigenvalue weighted by atomic mass is 10.1. The van der Waals surface area contributed by atoms with Crippen molar-refractivity contribution in [2.75, 3.05) is 17.2 Å². The first-order valence-corrected chi connectivity index (χ1v) is 7.32. The topological polar surface area (TPSA) is 46.3 Å². The second kappa shape index (κ2) is 4.94. The van der Waals surface area contributed by atoms with Gasteiger partial charge in [0, 0.05) is 33.5 Å². The molecule has 0 aliphatic carbocycles. The van der Waals surface area contributed by atoms with E-state index in [9.17, 15) is 4.79 Å². The first kappa shape index (κ1) is 13.2. The minimum absolute atomic E-state index is 0.0324. The zero-order valence-corrected chi connectivity index (χ0v) is 12.8. The molecule has 2 N–H and O–H groups in total. The Bertz CT molecular complexity index is 697. The zero-order valence-electron chi connectivity index (χ0n) is 11.2. The predicted octanol–water partition coefficient (Wildman–Crippen LogP) is 3.54. The fourth-order valence-electron chi connectivity index (χ4n) is 2.61. The summed E-state index contributed by atoms with van der Waals surface area (Å²) in [6.45, 7) is 2.67. The van der Waals surface area contributed by atoms with Gasteiger partial charge in [0.1, 0.15) is 0 Å². The van der Waals surface area contributed by atoms with Crippen molar-refractivity contribution in [3.05, 3.63) is 57.6 Å². The van der Waals surface area contributed by atoms with E-state index in [1.165, 1.54) is 0 Å². The lowest BCUT2D eigenvalue weighted by molar-refractivity contribution is 0.0989. The molecule has 0 bridgehead atoms. The summed E-state index contributed by atoms with van der Waals surface area (Å²) in [4.78, 5) is 14.5. The molecule has 0 saturated heterocycles. The fraction of sp³-hybridized carbons (Fsp3) is 0.188. The highest BCUT2D eigenvalue weighted by atomic mass is 79.9. The van der Waals surface area contributed by atoms with Crippen molar-refractivity contribution in [3.63, 3.8) is 0 Å². The lowest BCUT2D eigenvalue weighted by Crippen LogP contribution is -2.28. The number of halogens is 1. The summed E-state index contributed by atoms with van der Waals surface area (Å²) < 4.78 is 1.01. The molecule has 20 heavy (non-hydrogen) atoms. The summed E-state index contributed by atoms with van der Waals surface area (Å²) in [5.41, 5.74) is 10.5. The smallest absolute Gasteiger partial charge is 0.258 e. The SMILES string of the molecule is Cc1cc(C(=O)N2CCc3c(N)cccc32)ccc1Br. The molecular formula is C16H15BrN2O. The monoisotopic (exact) mass is 330 g/mol. The van der Waals surface area contributed by atoms with Crippen LogP contribution in [0.1, 0.15) is 21.5 Å². The number of nitrogen functional groups attached to an aromatic ring is 1. The molecule has 0 radical (unpaired) electrons. The molecule has 0 saturated carbocycles. The van der Waals surface area contributed by atoms with Gasteiger partial charge < -0.3 is 10.6 Å². The van der Waals surface area contributed by atoms with Crippen molar-refractivity contribution in [3.8, 4) is 0 Å².